The number of benzene rings is 3. The number of nitrogens with zero attached hydrogens (tertiary/aromatic N) is 3. The van der Waals surface area contributed by atoms with Crippen molar-refractivity contribution in [2.45, 2.75) is 25.3 Å². The highest BCUT2D eigenvalue weighted by Gasteiger charge is 2.35. The maximum Gasteiger partial charge on any atom is 0.258 e. The van der Waals surface area contributed by atoms with Crippen LogP contribution < -0.4 is 10.9 Å². The Morgan fingerprint density at radius 1 is 1.00 bits per heavy atom. The highest BCUT2D eigenvalue weighted by Crippen LogP contribution is 2.38. The predicted molar refractivity (Wildman–Crippen MR) is 164 cm³/mol. The van der Waals surface area contributed by atoms with Gasteiger partial charge in [0.1, 0.15) is 5.84 Å². The summed E-state index contributed by atoms with van der Waals surface area (Å²) in [6.45, 7) is 3.85. The van der Waals surface area contributed by atoms with E-state index in [0.717, 1.165) is 27.1 Å². The van der Waals surface area contributed by atoms with E-state index in [1.54, 1.807) is 24.3 Å². The zero-order chi connectivity index (χ0) is 27.8. The number of hydrogen-bond donors (Lipinski definition) is 2. The van der Waals surface area contributed by atoms with Crippen molar-refractivity contribution in [3.63, 3.8) is 0 Å². The van der Waals surface area contributed by atoms with Crippen molar-refractivity contribution in [3.8, 4) is 11.1 Å². The van der Waals surface area contributed by atoms with Gasteiger partial charge in [-0.15, -0.1) is 0 Å². The van der Waals surface area contributed by atoms with Gasteiger partial charge in [0.25, 0.3) is 5.56 Å². The van der Waals surface area contributed by atoms with E-state index in [2.05, 4.69) is 21.3 Å². The Kier molecular flexibility index (Phi) is 7.23. The van der Waals surface area contributed by atoms with Crippen molar-refractivity contribution in [3.05, 3.63) is 116 Å². The van der Waals surface area contributed by atoms with Crippen molar-refractivity contribution in [1.82, 2.24) is 15.3 Å². The molecule has 1 unspecified atom stereocenters. The Morgan fingerprint density at radius 3 is 2.40 bits per heavy atom. The number of halogens is 2. The summed E-state index contributed by atoms with van der Waals surface area (Å²) in [5.74, 6) is 0.526. The number of H-pyrrole nitrogens is 1. The quantitative estimate of drug-likeness (QED) is 0.236. The van der Waals surface area contributed by atoms with E-state index in [0.29, 0.717) is 45.5 Å². The van der Waals surface area contributed by atoms with Crippen LogP contribution in [0.5, 0.6) is 0 Å². The first-order valence-electron chi connectivity index (χ1n) is 12.6. The Bertz CT molecular complexity index is 1760. The molecule has 0 fully saturated rings. The zero-order valence-electron chi connectivity index (χ0n) is 21.2. The molecule has 0 saturated carbocycles. The molecule has 0 radical (unpaired) electrons. The summed E-state index contributed by atoms with van der Waals surface area (Å²) in [6, 6.07) is 22.0. The first-order chi connectivity index (χ1) is 19.4. The molecule has 40 heavy (non-hydrogen) atoms. The molecule has 3 heterocycles. The van der Waals surface area contributed by atoms with E-state index in [4.69, 9.17) is 28.3 Å². The average molecular weight is 589 g/mol. The molecule has 0 aliphatic carbocycles. The number of aromatic nitrogens is 1. The van der Waals surface area contributed by atoms with Crippen LogP contribution in [-0.2, 0) is 4.79 Å². The average Bonchev–Trinajstić information content (AvgIpc) is 3.58. The highest BCUT2D eigenvalue weighted by molar-refractivity contribution is 8.02. The maximum absolute atomic E-state index is 13.7. The lowest BCUT2D eigenvalue weighted by atomic mass is 9.91. The van der Waals surface area contributed by atoms with E-state index in [-0.39, 0.29) is 17.9 Å². The van der Waals surface area contributed by atoms with E-state index < -0.39 is 6.04 Å². The number of rotatable bonds is 6. The molecule has 10 heteroatoms. The second-order valence-corrected chi connectivity index (χ2v) is 11.2. The summed E-state index contributed by atoms with van der Waals surface area (Å²) >= 11 is 13.6. The normalized spacial score (nSPS) is 16.7. The number of hydrogen-bond acceptors (Lipinski definition) is 6. The molecule has 1 amide bonds. The van der Waals surface area contributed by atoms with Gasteiger partial charge < -0.3 is 10.3 Å². The van der Waals surface area contributed by atoms with Gasteiger partial charge >= 0.3 is 0 Å². The lowest BCUT2D eigenvalue weighted by Crippen LogP contribution is -2.28. The number of para-hydroxylation sites is 1. The summed E-state index contributed by atoms with van der Waals surface area (Å²) in [4.78, 5) is 30.3. The summed E-state index contributed by atoms with van der Waals surface area (Å²) in [6.07, 6.45) is 0.978. The molecular weight excluding hydrogens is 565 g/mol. The van der Waals surface area contributed by atoms with Crippen LogP contribution >= 0.6 is 35.1 Å². The maximum atomic E-state index is 13.7. The third-order valence-electron chi connectivity index (χ3n) is 6.89. The first kappa shape index (κ1) is 26.4. The third-order valence-corrected chi connectivity index (χ3v) is 8.03. The molecule has 0 spiro atoms. The standard InChI is InChI=1S/C30H23Cl2N5O2S/c1-17-33-26(36-40-17)14-15-27(38)37-25(18-6-10-20(31)11-7-18)16-24(35-37)29-28(19-8-12-21(32)13-9-19)22-4-2-3-5-23(22)34-30(29)39/h2-13,25H,1,14-16H2,(H,33,36)(H,34,39). The first-order valence-corrected chi connectivity index (χ1v) is 14.2. The summed E-state index contributed by atoms with van der Waals surface area (Å²) in [5.41, 5.74) is 3.87. The third kappa shape index (κ3) is 5.18. The van der Waals surface area contributed by atoms with Crippen LogP contribution in [0.15, 0.2) is 98.7 Å². The lowest BCUT2D eigenvalue weighted by Gasteiger charge is -2.22. The minimum atomic E-state index is -0.397. The van der Waals surface area contributed by atoms with E-state index in [1.807, 2.05) is 48.5 Å². The number of pyridine rings is 1. The lowest BCUT2D eigenvalue weighted by molar-refractivity contribution is -0.132. The van der Waals surface area contributed by atoms with Gasteiger partial charge in [-0.1, -0.05) is 72.2 Å². The van der Waals surface area contributed by atoms with Crippen LogP contribution in [0, 0.1) is 0 Å². The monoisotopic (exact) mass is 587 g/mol. The zero-order valence-corrected chi connectivity index (χ0v) is 23.5. The van der Waals surface area contributed by atoms with Gasteiger partial charge in [0, 0.05) is 57.7 Å². The minimum absolute atomic E-state index is 0.174. The van der Waals surface area contributed by atoms with E-state index in [9.17, 15) is 9.59 Å². The Balaban J connectivity index is 1.45. The minimum Gasteiger partial charge on any atom is -0.337 e. The number of fused-ring (bicyclic) bond motifs is 1. The molecular formula is C30H23Cl2N5O2S. The number of hydrazone groups is 1. The van der Waals surface area contributed by atoms with Gasteiger partial charge in [-0.3, -0.25) is 9.59 Å². The van der Waals surface area contributed by atoms with Gasteiger partial charge in [0.15, 0.2) is 0 Å². The van der Waals surface area contributed by atoms with Gasteiger partial charge in [-0.05, 0) is 41.5 Å². The second-order valence-electron chi connectivity index (χ2n) is 9.49. The number of amidine groups is 1. The fraction of sp³-hybridized carbons (Fsp3) is 0.133. The van der Waals surface area contributed by atoms with Crippen molar-refractivity contribution in [2.75, 3.05) is 0 Å². The van der Waals surface area contributed by atoms with Gasteiger partial charge in [0.05, 0.1) is 22.3 Å². The van der Waals surface area contributed by atoms with Crippen molar-refractivity contribution in [2.24, 2.45) is 9.50 Å². The van der Waals surface area contributed by atoms with E-state index in [1.165, 1.54) is 17.0 Å². The predicted octanol–water partition coefficient (Wildman–Crippen LogP) is 7.08. The van der Waals surface area contributed by atoms with Crippen molar-refractivity contribution >= 4 is 63.5 Å². The molecule has 0 saturated heterocycles. The van der Waals surface area contributed by atoms with Crippen LogP contribution in [0.25, 0.3) is 22.0 Å². The molecule has 2 aliphatic rings. The van der Waals surface area contributed by atoms with Crippen LogP contribution in [0.4, 0.5) is 0 Å². The molecule has 2 N–H and O–H groups in total. The van der Waals surface area contributed by atoms with Crippen LogP contribution in [-0.4, -0.2) is 27.4 Å². The molecule has 1 atom stereocenters. The van der Waals surface area contributed by atoms with Gasteiger partial charge in [-0.2, -0.15) is 9.50 Å². The second kappa shape index (κ2) is 11.0. The number of carbonyl (C=O) groups excluding carboxylic acids is 1. The summed E-state index contributed by atoms with van der Waals surface area (Å²) in [5, 5.41) is 12.2. The van der Waals surface area contributed by atoms with Gasteiger partial charge in [-0.25, -0.2) is 5.01 Å². The number of amides is 1. The Labute approximate surface area is 244 Å². The number of aromatic amines is 1. The highest BCUT2D eigenvalue weighted by atomic mass is 35.5. The molecule has 4 aromatic rings. The smallest absolute Gasteiger partial charge is 0.258 e. The topological polar surface area (TPSA) is 89.9 Å². The van der Waals surface area contributed by atoms with Crippen molar-refractivity contribution < 1.29 is 4.79 Å². The van der Waals surface area contributed by atoms with Gasteiger partial charge in [0.2, 0.25) is 5.91 Å². The molecule has 3 aromatic carbocycles. The number of nitrogens with one attached hydrogen (secondary N) is 2. The fourth-order valence-electron chi connectivity index (χ4n) is 5.04. The summed E-state index contributed by atoms with van der Waals surface area (Å²) < 4.78 is 4.30. The molecule has 200 valence electrons. The Hall–Kier alpha value is -3.85. The molecule has 7 nitrogen and oxygen atoms in total. The van der Waals surface area contributed by atoms with Crippen LogP contribution in [0.1, 0.15) is 36.4 Å². The molecule has 0 bridgehead atoms. The van der Waals surface area contributed by atoms with E-state index >= 15 is 0 Å². The number of carbonyl (C=O) groups is 1. The SMILES string of the molecule is C=C1NC(CCC(=O)N2N=C(c3c(-c4ccc(Cl)cc4)c4ccccc4[nH]c3=O)CC2c2ccc(Cl)cc2)=NS1. The fourth-order valence-corrected chi connectivity index (χ4v) is 5.81. The summed E-state index contributed by atoms with van der Waals surface area (Å²) in [7, 11) is 0. The Morgan fingerprint density at radius 2 is 1.70 bits per heavy atom. The van der Waals surface area contributed by atoms with Crippen molar-refractivity contribution in [1.29, 1.82) is 0 Å². The van der Waals surface area contributed by atoms with Crippen LogP contribution in [0.2, 0.25) is 10.0 Å². The largest absolute Gasteiger partial charge is 0.337 e. The van der Waals surface area contributed by atoms with Crippen LogP contribution in [0.3, 0.4) is 0 Å². The molecule has 2 aliphatic heterocycles. The molecule has 1 aromatic heterocycles. The molecule has 6 rings (SSSR count).